The smallest absolute Gasteiger partial charge is 0.0613 e. The van der Waals surface area contributed by atoms with Gasteiger partial charge in [-0.05, 0) is 59.7 Å². The van der Waals surface area contributed by atoms with Gasteiger partial charge in [-0.1, -0.05) is 13.8 Å². The van der Waals surface area contributed by atoms with E-state index in [4.69, 9.17) is 0 Å². The predicted molar refractivity (Wildman–Crippen MR) is 75.4 cm³/mol. The van der Waals surface area contributed by atoms with E-state index < -0.39 is 0 Å². The molecule has 0 spiro atoms. The second-order valence-electron chi connectivity index (χ2n) is 5.28. The number of likely N-dealkylation sites (N-methyl/N-ethyl adjacent to an activating group) is 1. The topological polar surface area (TPSA) is 35.5 Å². The molecule has 0 aromatic rings. The first-order valence-electron chi connectivity index (χ1n) is 7.09. The molecule has 1 atom stereocenters. The van der Waals surface area contributed by atoms with Gasteiger partial charge in [0.15, 0.2) is 0 Å². The van der Waals surface area contributed by atoms with E-state index in [1.165, 1.54) is 13.0 Å². The molecule has 0 bridgehead atoms. The van der Waals surface area contributed by atoms with Crippen molar-refractivity contribution in [3.63, 3.8) is 0 Å². The van der Waals surface area contributed by atoms with E-state index >= 15 is 0 Å². The van der Waals surface area contributed by atoms with E-state index in [-0.39, 0.29) is 12.1 Å². The Balaban J connectivity index is 4.09. The molecule has 0 saturated heterocycles. The Bertz CT molecular complexity index is 171. The van der Waals surface area contributed by atoms with Gasteiger partial charge in [-0.2, -0.15) is 0 Å². The van der Waals surface area contributed by atoms with Crippen LogP contribution in [0.2, 0.25) is 0 Å². The van der Waals surface area contributed by atoms with Crippen molar-refractivity contribution in [1.29, 1.82) is 0 Å². The molecule has 0 aliphatic rings. The van der Waals surface area contributed by atoms with Gasteiger partial charge in [0, 0.05) is 11.6 Å². The molecule has 0 rings (SSSR count). The van der Waals surface area contributed by atoms with Crippen molar-refractivity contribution < 1.29 is 5.11 Å². The normalized spacial score (nSPS) is 15.5. The monoisotopic (exact) mass is 244 g/mol. The van der Waals surface area contributed by atoms with Crippen LogP contribution < -0.4 is 5.32 Å². The average Bonchev–Trinajstić information content (AvgIpc) is 2.34. The zero-order valence-corrected chi connectivity index (χ0v) is 12.4. The highest BCUT2D eigenvalue weighted by atomic mass is 16.3. The van der Waals surface area contributed by atoms with Crippen LogP contribution in [0.15, 0.2) is 0 Å². The van der Waals surface area contributed by atoms with Crippen molar-refractivity contribution in [2.75, 3.05) is 26.7 Å². The number of nitrogens with one attached hydrogen (secondary N) is 1. The van der Waals surface area contributed by atoms with Gasteiger partial charge in [-0.15, -0.1) is 0 Å². The van der Waals surface area contributed by atoms with Gasteiger partial charge in [0.05, 0.1) is 6.61 Å². The maximum atomic E-state index is 9.48. The van der Waals surface area contributed by atoms with Crippen LogP contribution >= 0.6 is 0 Å². The lowest BCUT2D eigenvalue weighted by molar-refractivity contribution is 0.141. The summed E-state index contributed by atoms with van der Waals surface area (Å²) in [5.74, 6) is 0. The SMILES string of the molecule is CCCN(CCCC(CC)(CO)NC)C(C)C. The van der Waals surface area contributed by atoms with E-state index in [2.05, 4.69) is 37.9 Å². The minimum Gasteiger partial charge on any atom is -0.394 e. The Labute approximate surface area is 108 Å². The number of hydrogen-bond donors (Lipinski definition) is 2. The largest absolute Gasteiger partial charge is 0.394 e. The number of aliphatic hydroxyl groups is 1. The van der Waals surface area contributed by atoms with E-state index in [1.54, 1.807) is 0 Å². The third kappa shape index (κ3) is 5.84. The zero-order valence-electron chi connectivity index (χ0n) is 12.4. The summed E-state index contributed by atoms with van der Waals surface area (Å²) in [5.41, 5.74) is -0.0745. The van der Waals surface area contributed by atoms with Crippen molar-refractivity contribution in [1.82, 2.24) is 10.2 Å². The van der Waals surface area contributed by atoms with Crippen LogP contribution in [0.1, 0.15) is 53.4 Å². The zero-order chi connectivity index (χ0) is 13.3. The molecule has 3 nitrogen and oxygen atoms in total. The highest BCUT2D eigenvalue weighted by molar-refractivity contribution is 4.84. The van der Waals surface area contributed by atoms with E-state index in [0.29, 0.717) is 6.04 Å². The van der Waals surface area contributed by atoms with E-state index in [1.807, 2.05) is 7.05 Å². The molecule has 17 heavy (non-hydrogen) atoms. The molecule has 0 aromatic carbocycles. The van der Waals surface area contributed by atoms with Crippen molar-refractivity contribution in [3.8, 4) is 0 Å². The first-order chi connectivity index (χ1) is 8.05. The van der Waals surface area contributed by atoms with Crippen LogP contribution in [-0.2, 0) is 0 Å². The summed E-state index contributed by atoms with van der Waals surface area (Å²) in [7, 11) is 1.95. The lowest BCUT2D eigenvalue weighted by Crippen LogP contribution is -2.46. The number of nitrogens with zero attached hydrogens (tertiary/aromatic N) is 1. The number of aliphatic hydroxyl groups excluding tert-OH is 1. The lowest BCUT2D eigenvalue weighted by atomic mass is 9.91. The Morgan fingerprint density at radius 1 is 1.24 bits per heavy atom. The molecule has 0 saturated carbocycles. The van der Waals surface area contributed by atoms with Crippen LogP contribution in [0, 0.1) is 0 Å². The standard InChI is InChI=1S/C14H32N2O/c1-6-10-16(13(3)4)11-8-9-14(7-2,12-17)15-5/h13,15,17H,6-12H2,1-5H3. The number of rotatable bonds is 10. The van der Waals surface area contributed by atoms with Crippen molar-refractivity contribution in [3.05, 3.63) is 0 Å². The van der Waals surface area contributed by atoms with Crippen LogP contribution in [0.3, 0.4) is 0 Å². The summed E-state index contributed by atoms with van der Waals surface area (Å²) in [6, 6.07) is 0.620. The molecule has 0 heterocycles. The molecule has 3 heteroatoms. The summed E-state index contributed by atoms with van der Waals surface area (Å²) in [6.45, 7) is 11.4. The quantitative estimate of drug-likeness (QED) is 0.619. The highest BCUT2D eigenvalue weighted by Crippen LogP contribution is 2.17. The molecule has 0 aromatic heterocycles. The summed E-state index contributed by atoms with van der Waals surface area (Å²) < 4.78 is 0. The first-order valence-corrected chi connectivity index (χ1v) is 7.09. The van der Waals surface area contributed by atoms with Gasteiger partial charge in [-0.3, -0.25) is 0 Å². The molecule has 104 valence electrons. The average molecular weight is 244 g/mol. The lowest BCUT2D eigenvalue weighted by Gasteiger charge is -2.32. The molecule has 1 unspecified atom stereocenters. The molecular formula is C14H32N2O. The van der Waals surface area contributed by atoms with Crippen molar-refractivity contribution >= 4 is 0 Å². The Morgan fingerprint density at radius 2 is 1.88 bits per heavy atom. The van der Waals surface area contributed by atoms with Gasteiger partial charge in [0.25, 0.3) is 0 Å². The van der Waals surface area contributed by atoms with E-state index in [0.717, 1.165) is 25.8 Å². The van der Waals surface area contributed by atoms with Gasteiger partial charge in [0.2, 0.25) is 0 Å². The Kier molecular flexibility index (Phi) is 8.83. The Hall–Kier alpha value is -0.120. The summed E-state index contributed by atoms with van der Waals surface area (Å²) in [6.07, 6.45) is 4.38. The molecular weight excluding hydrogens is 212 g/mol. The molecule has 0 aliphatic carbocycles. The van der Waals surface area contributed by atoms with Gasteiger partial charge < -0.3 is 15.3 Å². The summed E-state index contributed by atoms with van der Waals surface area (Å²) >= 11 is 0. The molecule has 2 N–H and O–H groups in total. The van der Waals surface area contributed by atoms with Crippen LogP contribution in [0.5, 0.6) is 0 Å². The fourth-order valence-corrected chi connectivity index (χ4v) is 2.28. The van der Waals surface area contributed by atoms with Crippen LogP contribution in [-0.4, -0.2) is 48.3 Å². The highest BCUT2D eigenvalue weighted by Gasteiger charge is 2.24. The van der Waals surface area contributed by atoms with Crippen molar-refractivity contribution in [2.45, 2.75) is 65.0 Å². The number of hydrogen-bond acceptors (Lipinski definition) is 3. The minimum atomic E-state index is -0.0745. The molecule has 0 amide bonds. The fourth-order valence-electron chi connectivity index (χ4n) is 2.28. The van der Waals surface area contributed by atoms with Gasteiger partial charge >= 0.3 is 0 Å². The second-order valence-corrected chi connectivity index (χ2v) is 5.28. The fraction of sp³-hybridized carbons (Fsp3) is 1.00. The molecule has 0 radical (unpaired) electrons. The Morgan fingerprint density at radius 3 is 2.24 bits per heavy atom. The predicted octanol–water partition coefficient (Wildman–Crippen LogP) is 2.25. The third-order valence-electron chi connectivity index (χ3n) is 3.85. The first kappa shape index (κ1) is 16.9. The van der Waals surface area contributed by atoms with Gasteiger partial charge in [0.1, 0.15) is 0 Å². The molecule has 0 aliphatic heterocycles. The van der Waals surface area contributed by atoms with Crippen molar-refractivity contribution in [2.24, 2.45) is 0 Å². The van der Waals surface area contributed by atoms with Crippen LogP contribution in [0.25, 0.3) is 0 Å². The van der Waals surface area contributed by atoms with Crippen LogP contribution in [0.4, 0.5) is 0 Å². The second kappa shape index (κ2) is 8.90. The van der Waals surface area contributed by atoms with E-state index in [9.17, 15) is 5.11 Å². The third-order valence-corrected chi connectivity index (χ3v) is 3.85. The van der Waals surface area contributed by atoms with Gasteiger partial charge in [-0.25, -0.2) is 0 Å². The molecule has 0 fully saturated rings. The maximum absolute atomic E-state index is 9.48. The summed E-state index contributed by atoms with van der Waals surface area (Å²) in [5, 5.41) is 12.8. The summed E-state index contributed by atoms with van der Waals surface area (Å²) in [4.78, 5) is 2.52. The minimum absolute atomic E-state index is 0.0745. The maximum Gasteiger partial charge on any atom is 0.0613 e.